The van der Waals surface area contributed by atoms with Gasteiger partial charge >= 0.3 is 0 Å². The largest absolute Gasteiger partial charge is 0.338 e. The molecule has 0 spiro atoms. The third-order valence-corrected chi connectivity index (χ3v) is 5.70. The van der Waals surface area contributed by atoms with Crippen LogP contribution in [0.15, 0.2) is 17.1 Å². The lowest BCUT2D eigenvalue weighted by molar-refractivity contribution is 0.0794. The zero-order valence-corrected chi connectivity index (χ0v) is 16.2. The van der Waals surface area contributed by atoms with Gasteiger partial charge < -0.3 is 14.8 Å². The average molecular weight is 370 g/mol. The highest BCUT2D eigenvalue weighted by atomic mass is 16.2. The molecular formula is C20H28N5O2. The zero-order chi connectivity index (χ0) is 19.0. The molecule has 2 aromatic heterocycles. The van der Waals surface area contributed by atoms with Crippen LogP contribution < -0.4 is 5.56 Å². The molecule has 27 heavy (non-hydrogen) atoms. The van der Waals surface area contributed by atoms with Crippen molar-refractivity contribution in [2.24, 2.45) is 0 Å². The molecule has 0 atom stereocenters. The first-order valence-corrected chi connectivity index (χ1v) is 9.94. The molecule has 2 aliphatic heterocycles. The van der Waals surface area contributed by atoms with Crippen LogP contribution in [-0.4, -0.2) is 63.0 Å². The molecule has 2 fully saturated rings. The van der Waals surface area contributed by atoms with Gasteiger partial charge in [-0.2, -0.15) is 5.10 Å². The second-order valence-corrected chi connectivity index (χ2v) is 8.13. The van der Waals surface area contributed by atoms with Crippen molar-refractivity contribution in [1.29, 1.82) is 0 Å². The van der Waals surface area contributed by atoms with E-state index in [1.54, 1.807) is 16.8 Å². The van der Waals surface area contributed by atoms with Crippen LogP contribution in [0.4, 0.5) is 0 Å². The van der Waals surface area contributed by atoms with Crippen molar-refractivity contribution in [3.05, 3.63) is 39.8 Å². The van der Waals surface area contributed by atoms with Crippen molar-refractivity contribution in [3.63, 3.8) is 0 Å². The highest BCUT2D eigenvalue weighted by Crippen LogP contribution is 2.28. The molecule has 145 valence electrons. The summed E-state index contributed by atoms with van der Waals surface area (Å²) in [5.41, 5.74) is 1.80. The molecule has 0 aromatic carbocycles. The molecule has 2 aromatic rings. The van der Waals surface area contributed by atoms with E-state index >= 15 is 0 Å². The van der Waals surface area contributed by atoms with Crippen molar-refractivity contribution in [2.45, 2.75) is 45.4 Å². The number of rotatable bonds is 4. The fraction of sp³-hybridized carbons (Fsp3) is 0.600. The summed E-state index contributed by atoms with van der Waals surface area (Å²) in [6.07, 6.45) is 5.70. The van der Waals surface area contributed by atoms with E-state index in [2.05, 4.69) is 28.8 Å². The van der Waals surface area contributed by atoms with E-state index in [4.69, 9.17) is 0 Å². The molecule has 0 bridgehead atoms. The number of likely N-dealkylation sites (tertiary alicyclic amines) is 2. The van der Waals surface area contributed by atoms with Crippen molar-refractivity contribution in [1.82, 2.24) is 24.4 Å². The summed E-state index contributed by atoms with van der Waals surface area (Å²) in [5, 5.41) is 4.48. The topological polar surface area (TPSA) is 73.7 Å². The minimum absolute atomic E-state index is 0.0286. The third kappa shape index (κ3) is 3.65. The van der Waals surface area contributed by atoms with E-state index in [-0.39, 0.29) is 17.4 Å². The molecule has 2 aliphatic rings. The summed E-state index contributed by atoms with van der Waals surface area (Å²) in [6.45, 7) is 8.96. The number of carbonyl (C=O) groups is 1. The maximum Gasteiger partial charge on any atom is 0.259 e. The van der Waals surface area contributed by atoms with Gasteiger partial charge in [0, 0.05) is 31.6 Å². The van der Waals surface area contributed by atoms with E-state index in [0.29, 0.717) is 11.2 Å². The third-order valence-electron chi connectivity index (χ3n) is 5.70. The van der Waals surface area contributed by atoms with Crippen molar-refractivity contribution in [3.8, 4) is 0 Å². The quantitative estimate of drug-likeness (QED) is 0.894. The summed E-state index contributed by atoms with van der Waals surface area (Å²) >= 11 is 0. The van der Waals surface area contributed by atoms with Crippen molar-refractivity contribution < 1.29 is 4.79 Å². The smallest absolute Gasteiger partial charge is 0.259 e. The Balaban J connectivity index is 1.61. The summed E-state index contributed by atoms with van der Waals surface area (Å²) < 4.78 is 1.78. The number of carbonyl (C=O) groups excluding carboxylic acids is 1. The van der Waals surface area contributed by atoms with E-state index in [1.165, 1.54) is 5.92 Å². The number of aromatic nitrogens is 3. The normalized spacial score (nSPS) is 19.4. The second-order valence-electron chi connectivity index (χ2n) is 8.13. The Hall–Kier alpha value is -2.15. The first-order chi connectivity index (χ1) is 13.0. The van der Waals surface area contributed by atoms with Crippen LogP contribution >= 0.6 is 0 Å². The van der Waals surface area contributed by atoms with Crippen molar-refractivity contribution in [2.75, 3.05) is 32.7 Å². The predicted molar refractivity (Wildman–Crippen MR) is 104 cm³/mol. The number of H-pyrrole nitrogens is 1. The minimum Gasteiger partial charge on any atom is -0.338 e. The Morgan fingerprint density at radius 2 is 1.89 bits per heavy atom. The first kappa shape index (κ1) is 18.2. The number of amides is 1. The molecule has 0 aliphatic carbocycles. The van der Waals surface area contributed by atoms with Crippen LogP contribution in [0.1, 0.15) is 61.5 Å². The van der Waals surface area contributed by atoms with E-state index in [0.717, 1.165) is 64.1 Å². The standard InChI is InChI=1S/C20H28N5O2/c1-14(2)13-23-9-5-15(6-10-23)17-11-18(26)22-19-16(12-21-25(17)19)20(27)24-7-3-4-8-24/h11-12,15H,3-10,13H2,1-2H3,(H,22,26). The summed E-state index contributed by atoms with van der Waals surface area (Å²) in [4.78, 5) is 32.3. The van der Waals surface area contributed by atoms with E-state index in [1.807, 2.05) is 4.90 Å². The van der Waals surface area contributed by atoms with Gasteiger partial charge in [-0.15, -0.1) is 0 Å². The number of nitrogens with one attached hydrogen (secondary N) is 1. The van der Waals surface area contributed by atoms with Crippen LogP contribution in [0, 0.1) is 5.92 Å². The van der Waals surface area contributed by atoms with Gasteiger partial charge in [-0.1, -0.05) is 13.8 Å². The molecule has 4 heterocycles. The molecule has 7 nitrogen and oxygen atoms in total. The summed E-state index contributed by atoms with van der Waals surface area (Å²) in [6, 6.07) is 1.65. The van der Waals surface area contributed by atoms with Crippen molar-refractivity contribution >= 4 is 11.6 Å². The second kappa shape index (κ2) is 7.46. The predicted octanol–water partition coefficient (Wildman–Crippen LogP) is 2.05. The Kier molecular flexibility index (Phi) is 5.04. The summed E-state index contributed by atoms with van der Waals surface area (Å²) in [5.74, 6) is 1.68. The molecular weight excluding hydrogens is 342 g/mol. The Morgan fingerprint density at radius 1 is 1.19 bits per heavy atom. The van der Waals surface area contributed by atoms with Crippen LogP contribution in [0.2, 0.25) is 0 Å². The number of piperidine rings is 1. The molecule has 7 heteroatoms. The van der Waals surface area contributed by atoms with Gasteiger partial charge in [0.1, 0.15) is 11.2 Å². The number of nitrogens with zero attached hydrogens (tertiary/aromatic N) is 4. The Bertz CT molecular complexity index is 870. The lowest BCUT2D eigenvalue weighted by Crippen LogP contribution is -2.35. The SMILES string of the molecule is C[C](C)CN1CCC(c2cc(=O)[nH]c3c(C(=O)N4CCCC4)cnn23)CC1. The van der Waals surface area contributed by atoms with Gasteiger partial charge in [0.2, 0.25) is 0 Å². The number of fused-ring (bicyclic) bond motifs is 1. The number of hydrogen-bond acceptors (Lipinski definition) is 4. The maximum atomic E-state index is 12.8. The van der Waals surface area contributed by atoms with Gasteiger partial charge in [-0.05, 0) is 44.7 Å². The lowest BCUT2D eigenvalue weighted by Gasteiger charge is -2.32. The fourth-order valence-corrected chi connectivity index (χ4v) is 4.38. The number of hydrogen-bond donors (Lipinski definition) is 1. The first-order valence-electron chi connectivity index (χ1n) is 9.94. The highest BCUT2D eigenvalue weighted by Gasteiger charge is 2.27. The number of aromatic amines is 1. The molecule has 0 saturated carbocycles. The minimum atomic E-state index is -0.159. The Morgan fingerprint density at radius 3 is 2.56 bits per heavy atom. The summed E-state index contributed by atoms with van der Waals surface area (Å²) in [7, 11) is 0. The van der Waals surface area contributed by atoms with E-state index in [9.17, 15) is 9.59 Å². The molecule has 1 radical (unpaired) electrons. The monoisotopic (exact) mass is 370 g/mol. The van der Waals surface area contributed by atoms with Gasteiger partial charge in [0.15, 0.2) is 0 Å². The van der Waals surface area contributed by atoms with Crippen LogP contribution in [-0.2, 0) is 0 Å². The molecule has 1 amide bonds. The van der Waals surface area contributed by atoms with Crippen LogP contribution in [0.25, 0.3) is 5.65 Å². The lowest BCUT2D eigenvalue weighted by atomic mass is 9.92. The Labute approximate surface area is 159 Å². The van der Waals surface area contributed by atoms with Crippen LogP contribution in [0.5, 0.6) is 0 Å². The molecule has 4 rings (SSSR count). The molecule has 0 unspecified atom stereocenters. The molecule has 1 N–H and O–H groups in total. The van der Waals surface area contributed by atoms with Gasteiger partial charge in [-0.25, -0.2) is 4.52 Å². The maximum absolute atomic E-state index is 12.8. The van der Waals surface area contributed by atoms with Gasteiger partial charge in [0.25, 0.3) is 11.5 Å². The fourth-order valence-electron chi connectivity index (χ4n) is 4.38. The average Bonchev–Trinajstić information content (AvgIpc) is 3.30. The zero-order valence-electron chi connectivity index (χ0n) is 16.2. The highest BCUT2D eigenvalue weighted by molar-refractivity contribution is 5.99. The molecule has 2 saturated heterocycles. The van der Waals surface area contributed by atoms with E-state index < -0.39 is 0 Å². The van der Waals surface area contributed by atoms with Crippen LogP contribution in [0.3, 0.4) is 0 Å². The van der Waals surface area contributed by atoms with Gasteiger partial charge in [-0.3, -0.25) is 9.59 Å². The van der Waals surface area contributed by atoms with Gasteiger partial charge in [0.05, 0.1) is 11.9 Å².